The number of allylic oxidation sites excluding steroid dienone is 4. The molecule has 1 heterocycles. The first-order chi connectivity index (χ1) is 13.0. The number of halogens is 3. The zero-order valence-corrected chi connectivity index (χ0v) is 14.5. The molecular weight excluding hydrogens is 353 g/mol. The quantitative estimate of drug-likeness (QED) is 0.791. The highest BCUT2D eigenvalue weighted by Crippen LogP contribution is 2.28. The van der Waals surface area contributed by atoms with Crippen LogP contribution in [0.15, 0.2) is 72.1 Å². The molecular formula is C21H17F3N2O. The van der Waals surface area contributed by atoms with Crippen molar-refractivity contribution in [2.75, 3.05) is 6.67 Å². The highest BCUT2D eigenvalue weighted by atomic mass is 19.1. The molecule has 0 spiro atoms. The summed E-state index contributed by atoms with van der Waals surface area (Å²) in [6, 6.07) is 8.82. The van der Waals surface area contributed by atoms with Crippen molar-refractivity contribution in [3.05, 3.63) is 101 Å². The van der Waals surface area contributed by atoms with Gasteiger partial charge in [-0.15, -0.1) is 0 Å². The second-order valence-electron chi connectivity index (χ2n) is 5.98. The van der Waals surface area contributed by atoms with Crippen molar-refractivity contribution in [1.29, 1.82) is 0 Å². The molecule has 0 radical (unpaired) electrons. The zero-order chi connectivity index (χ0) is 19.4. The van der Waals surface area contributed by atoms with Crippen molar-refractivity contribution in [2.45, 2.75) is 6.92 Å². The van der Waals surface area contributed by atoms with Gasteiger partial charge in [-0.1, -0.05) is 12.1 Å². The molecule has 3 rings (SSSR count). The van der Waals surface area contributed by atoms with Crippen LogP contribution in [0.25, 0.3) is 5.57 Å². The SMILES string of the molecule is CC1=C(c2cc(F)cc(F)c2)\C=C/NCN/C=C\1C(=O)c1ccccc1F. The minimum atomic E-state index is -0.726. The molecule has 138 valence electrons. The smallest absolute Gasteiger partial charge is 0.197 e. The lowest BCUT2D eigenvalue weighted by molar-refractivity contribution is 0.103. The molecule has 3 nitrogen and oxygen atoms in total. The summed E-state index contributed by atoms with van der Waals surface area (Å²) in [5.41, 5.74) is 1.30. The van der Waals surface area contributed by atoms with E-state index in [0.29, 0.717) is 17.8 Å². The summed E-state index contributed by atoms with van der Waals surface area (Å²) in [6.07, 6.45) is 4.71. The first-order valence-corrected chi connectivity index (χ1v) is 8.28. The Morgan fingerprint density at radius 1 is 1.00 bits per heavy atom. The van der Waals surface area contributed by atoms with E-state index in [2.05, 4.69) is 10.6 Å². The molecule has 2 N–H and O–H groups in total. The van der Waals surface area contributed by atoms with Crippen molar-refractivity contribution in [3.63, 3.8) is 0 Å². The summed E-state index contributed by atoms with van der Waals surface area (Å²) < 4.78 is 41.5. The summed E-state index contributed by atoms with van der Waals surface area (Å²) >= 11 is 0. The lowest BCUT2D eigenvalue weighted by Crippen LogP contribution is -2.21. The first-order valence-electron chi connectivity index (χ1n) is 8.28. The maximum atomic E-state index is 14.1. The van der Waals surface area contributed by atoms with Crippen LogP contribution >= 0.6 is 0 Å². The average molecular weight is 370 g/mol. The Hall–Kier alpha value is -3.28. The largest absolute Gasteiger partial charge is 0.374 e. The molecule has 0 fully saturated rings. The van der Waals surface area contributed by atoms with Crippen LogP contribution in [0.3, 0.4) is 0 Å². The Kier molecular flexibility index (Phi) is 5.45. The number of Topliss-reactive ketones (excluding diaryl/α,β-unsaturated/α-hetero) is 1. The van der Waals surface area contributed by atoms with Gasteiger partial charge in [0.25, 0.3) is 0 Å². The van der Waals surface area contributed by atoms with Gasteiger partial charge in [0.05, 0.1) is 12.2 Å². The number of ketones is 1. The summed E-state index contributed by atoms with van der Waals surface area (Å²) in [5.74, 6) is -2.61. The summed E-state index contributed by atoms with van der Waals surface area (Å²) in [5, 5.41) is 5.87. The van der Waals surface area contributed by atoms with Crippen LogP contribution in [0.4, 0.5) is 13.2 Å². The molecule has 0 amide bonds. The van der Waals surface area contributed by atoms with Gasteiger partial charge in [0, 0.05) is 17.8 Å². The van der Waals surface area contributed by atoms with Crippen LogP contribution in [-0.4, -0.2) is 12.5 Å². The minimum absolute atomic E-state index is 0.0779. The average Bonchev–Trinajstić information content (AvgIpc) is 2.71. The second-order valence-corrected chi connectivity index (χ2v) is 5.98. The third kappa shape index (κ3) is 4.11. The monoisotopic (exact) mass is 370 g/mol. The Labute approximate surface area is 154 Å². The van der Waals surface area contributed by atoms with E-state index in [1.54, 1.807) is 25.3 Å². The number of carbonyl (C=O) groups is 1. The molecule has 0 saturated carbocycles. The van der Waals surface area contributed by atoms with Gasteiger partial charge in [-0.2, -0.15) is 0 Å². The lowest BCUT2D eigenvalue weighted by atomic mass is 9.91. The number of hydrogen-bond donors (Lipinski definition) is 2. The van der Waals surface area contributed by atoms with Crippen LogP contribution in [0.5, 0.6) is 0 Å². The van der Waals surface area contributed by atoms with Crippen LogP contribution < -0.4 is 10.6 Å². The number of hydrogen-bond acceptors (Lipinski definition) is 3. The predicted molar refractivity (Wildman–Crippen MR) is 98.0 cm³/mol. The summed E-state index contributed by atoms with van der Waals surface area (Å²) in [6.45, 7) is 1.97. The van der Waals surface area contributed by atoms with Gasteiger partial charge in [-0.3, -0.25) is 4.79 Å². The van der Waals surface area contributed by atoms with E-state index in [1.165, 1.54) is 36.5 Å². The number of rotatable bonds is 3. The van der Waals surface area contributed by atoms with E-state index in [0.717, 1.165) is 6.07 Å². The molecule has 27 heavy (non-hydrogen) atoms. The molecule has 0 unspecified atom stereocenters. The molecule has 0 aromatic heterocycles. The van der Waals surface area contributed by atoms with Gasteiger partial charge in [-0.05, 0) is 60.2 Å². The van der Waals surface area contributed by atoms with E-state index in [-0.39, 0.29) is 16.7 Å². The molecule has 1 aliphatic rings. The normalized spacial score (nSPS) is 20.2. The van der Waals surface area contributed by atoms with Gasteiger partial charge in [-0.25, -0.2) is 13.2 Å². The Bertz CT molecular complexity index is 957. The van der Waals surface area contributed by atoms with Gasteiger partial charge in [0.15, 0.2) is 5.78 Å². The topological polar surface area (TPSA) is 41.1 Å². The van der Waals surface area contributed by atoms with E-state index >= 15 is 0 Å². The Morgan fingerprint density at radius 2 is 1.70 bits per heavy atom. The molecule has 2 aromatic rings. The summed E-state index contributed by atoms with van der Waals surface area (Å²) in [7, 11) is 0. The van der Waals surface area contributed by atoms with Gasteiger partial charge >= 0.3 is 0 Å². The van der Waals surface area contributed by atoms with E-state index in [1.807, 2.05) is 0 Å². The van der Waals surface area contributed by atoms with Crippen molar-refractivity contribution < 1.29 is 18.0 Å². The van der Waals surface area contributed by atoms with E-state index in [9.17, 15) is 18.0 Å². The number of carbonyl (C=O) groups excluding carboxylic acids is 1. The zero-order valence-electron chi connectivity index (χ0n) is 14.5. The van der Waals surface area contributed by atoms with Gasteiger partial charge in [0.2, 0.25) is 0 Å². The fraction of sp³-hybridized carbons (Fsp3) is 0.0952. The van der Waals surface area contributed by atoms with Gasteiger partial charge < -0.3 is 10.6 Å². The molecule has 1 aliphatic heterocycles. The van der Waals surface area contributed by atoms with E-state index < -0.39 is 23.2 Å². The first kappa shape index (κ1) is 18.5. The molecule has 0 aliphatic carbocycles. The van der Waals surface area contributed by atoms with Crippen molar-refractivity contribution in [1.82, 2.24) is 10.6 Å². The van der Waals surface area contributed by atoms with Gasteiger partial charge in [0.1, 0.15) is 17.5 Å². The molecule has 0 saturated heterocycles. The molecule has 6 heteroatoms. The van der Waals surface area contributed by atoms with Crippen LogP contribution in [0.2, 0.25) is 0 Å². The fourth-order valence-electron chi connectivity index (χ4n) is 2.84. The van der Waals surface area contributed by atoms with Crippen molar-refractivity contribution >= 4 is 11.4 Å². The van der Waals surface area contributed by atoms with Crippen LogP contribution in [0, 0.1) is 17.5 Å². The predicted octanol–water partition coefficient (Wildman–Crippen LogP) is 4.31. The molecule has 2 aromatic carbocycles. The second kappa shape index (κ2) is 7.95. The fourth-order valence-corrected chi connectivity index (χ4v) is 2.84. The summed E-state index contributed by atoms with van der Waals surface area (Å²) in [4.78, 5) is 12.9. The van der Waals surface area contributed by atoms with Crippen LogP contribution in [0.1, 0.15) is 22.8 Å². The third-order valence-corrected chi connectivity index (χ3v) is 4.16. The number of nitrogens with one attached hydrogen (secondary N) is 2. The Morgan fingerprint density at radius 3 is 2.41 bits per heavy atom. The maximum Gasteiger partial charge on any atom is 0.197 e. The highest BCUT2D eigenvalue weighted by molar-refractivity contribution is 6.13. The molecule has 0 bridgehead atoms. The number of benzene rings is 2. The third-order valence-electron chi connectivity index (χ3n) is 4.16. The Balaban J connectivity index is 2.16. The lowest BCUT2D eigenvalue weighted by Gasteiger charge is -2.13. The highest BCUT2D eigenvalue weighted by Gasteiger charge is 2.20. The van der Waals surface area contributed by atoms with Crippen LogP contribution in [-0.2, 0) is 0 Å². The molecule has 0 atom stereocenters. The maximum absolute atomic E-state index is 14.1. The minimum Gasteiger partial charge on any atom is -0.374 e. The van der Waals surface area contributed by atoms with Crippen molar-refractivity contribution in [3.8, 4) is 0 Å². The van der Waals surface area contributed by atoms with E-state index in [4.69, 9.17) is 0 Å². The van der Waals surface area contributed by atoms with Crippen molar-refractivity contribution in [2.24, 2.45) is 0 Å². The standard InChI is InChI=1S/C21H17F3N2O/c1-13-17(14-8-15(22)10-16(23)9-14)6-7-25-12-26-11-19(13)21(27)18-4-2-3-5-20(18)24/h2-11,25-26H,12H2,1H3/b7-6-,17-13-,19-11+.